The Labute approximate surface area is 151 Å². The summed E-state index contributed by atoms with van der Waals surface area (Å²) in [6.45, 7) is 2.71. The quantitative estimate of drug-likeness (QED) is 0.705. The van der Waals surface area contributed by atoms with E-state index in [4.69, 9.17) is 9.47 Å². The van der Waals surface area contributed by atoms with Gasteiger partial charge in [0.2, 0.25) is 6.29 Å². The Balaban J connectivity index is 1.79. The van der Waals surface area contributed by atoms with Crippen molar-refractivity contribution in [2.75, 3.05) is 13.2 Å². The molecule has 25 heavy (non-hydrogen) atoms. The number of carbonyl (C=O) groups excluding carboxylic acids is 1. The summed E-state index contributed by atoms with van der Waals surface area (Å²) in [6.07, 6.45) is 11.7. The molecule has 0 spiro atoms. The lowest BCUT2D eigenvalue weighted by molar-refractivity contribution is -0.177. The largest absolute Gasteiger partial charge is 0.459 e. The monoisotopic (exact) mass is 351 g/mol. The number of nitrogens with one attached hydrogen (secondary N) is 1. The molecule has 3 atom stereocenters. The molecule has 0 bridgehead atoms. The van der Waals surface area contributed by atoms with Crippen molar-refractivity contribution in [3.63, 3.8) is 0 Å². The number of rotatable bonds is 8. The summed E-state index contributed by atoms with van der Waals surface area (Å²) in [5, 5.41) is 12.3. The highest BCUT2D eigenvalue weighted by Crippen LogP contribution is 2.42. The maximum Gasteiger partial charge on any atom is 0.286 e. The average molecular weight is 351 g/mol. The standard InChI is InChI=1S/C20H33NO4/c1-2-24-20-16(9-6-12-22)17(14-7-4-3-5-8-14)13-18(25-20)19(23)21-15-10-11-15/h13-17,20,22H,2-12H2,1H3,(H,21,23)/t16-,17-,20-/m0/s1. The summed E-state index contributed by atoms with van der Waals surface area (Å²) in [5.41, 5.74) is 0. The fourth-order valence-electron chi connectivity index (χ4n) is 4.33. The predicted octanol–water partition coefficient (Wildman–Crippen LogP) is 3.13. The molecule has 1 amide bonds. The van der Waals surface area contributed by atoms with E-state index < -0.39 is 0 Å². The van der Waals surface area contributed by atoms with Gasteiger partial charge in [0.05, 0.1) is 0 Å². The van der Waals surface area contributed by atoms with Crippen LogP contribution in [0.4, 0.5) is 0 Å². The van der Waals surface area contributed by atoms with Crippen LogP contribution in [0.25, 0.3) is 0 Å². The van der Waals surface area contributed by atoms with E-state index in [2.05, 4.69) is 11.4 Å². The van der Waals surface area contributed by atoms with E-state index in [-0.39, 0.29) is 24.7 Å². The minimum absolute atomic E-state index is 0.0892. The average Bonchev–Trinajstić information content (AvgIpc) is 3.45. The number of hydrogen-bond donors (Lipinski definition) is 2. The molecule has 3 aliphatic rings. The molecule has 2 fully saturated rings. The predicted molar refractivity (Wildman–Crippen MR) is 95.6 cm³/mol. The zero-order valence-electron chi connectivity index (χ0n) is 15.4. The Morgan fingerprint density at radius 3 is 2.68 bits per heavy atom. The first-order chi connectivity index (χ1) is 12.2. The highest BCUT2D eigenvalue weighted by atomic mass is 16.7. The third-order valence-corrected chi connectivity index (χ3v) is 5.79. The SMILES string of the molecule is CCO[C@H]1OC(C(=O)NC2CC2)=C[C@@H](C2CCCCC2)[C@@H]1CCCO. The van der Waals surface area contributed by atoms with Gasteiger partial charge in [-0.05, 0) is 63.4 Å². The smallest absolute Gasteiger partial charge is 0.286 e. The fourth-order valence-corrected chi connectivity index (χ4v) is 4.33. The molecule has 2 saturated carbocycles. The van der Waals surface area contributed by atoms with Gasteiger partial charge in [-0.25, -0.2) is 0 Å². The normalized spacial score (nSPS) is 30.5. The van der Waals surface area contributed by atoms with Gasteiger partial charge in [-0.15, -0.1) is 0 Å². The lowest BCUT2D eigenvalue weighted by Gasteiger charge is -2.41. The molecule has 142 valence electrons. The van der Waals surface area contributed by atoms with Gasteiger partial charge in [0.15, 0.2) is 5.76 Å². The van der Waals surface area contributed by atoms with E-state index in [1.807, 2.05) is 6.92 Å². The first kappa shape index (κ1) is 18.7. The Hall–Kier alpha value is -1.07. The molecule has 1 aliphatic heterocycles. The molecule has 2 N–H and O–H groups in total. The molecule has 0 unspecified atom stereocenters. The second kappa shape index (κ2) is 9.04. The maximum atomic E-state index is 12.5. The molecule has 0 radical (unpaired) electrons. The van der Waals surface area contributed by atoms with Gasteiger partial charge in [-0.3, -0.25) is 4.79 Å². The Morgan fingerprint density at radius 1 is 1.28 bits per heavy atom. The van der Waals surface area contributed by atoms with Gasteiger partial charge < -0.3 is 19.9 Å². The zero-order valence-corrected chi connectivity index (χ0v) is 15.4. The molecule has 2 aliphatic carbocycles. The minimum Gasteiger partial charge on any atom is -0.459 e. The number of carbonyl (C=O) groups is 1. The van der Waals surface area contributed by atoms with Crippen LogP contribution in [0.2, 0.25) is 0 Å². The van der Waals surface area contributed by atoms with Crippen LogP contribution in [0.1, 0.15) is 64.7 Å². The van der Waals surface area contributed by atoms with Crippen molar-refractivity contribution in [1.29, 1.82) is 0 Å². The molecule has 3 rings (SSSR count). The maximum absolute atomic E-state index is 12.5. The second-order valence-corrected chi connectivity index (χ2v) is 7.73. The summed E-state index contributed by atoms with van der Waals surface area (Å²) in [5.74, 6) is 1.47. The van der Waals surface area contributed by atoms with Crippen LogP contribution in [0.15, 0.2) is 11.8 Å². The van der Waals surface area contributed by atoms with E-state index in [1.165, 1.54) is 32.1 Å². The van der Waals surface area contributed by atoms with Crippen molar-refractivity contribution < 1.29 is 19.4 Å². The molecule has 1 heterocycles. The van der Waals surface area contributed by atoms with Gasteiger partial charge in [-0.1, -0.05) is 19.3 Å². The Morgan fingerprint density at radius 2 is 2.04 bits per heavy atom. The van der Waals surface area contributed by atoms with Crippen LogP contribution in [0.3, 0.4) is 0 Å². The van der Waals surface area contributed by atoms with Gasteiger partial charge in [0, 0.05) is 25.2 Å². The fraction of sp³-hybridized carbons (Fsp3) is 0.850. The van der Waals surface area contributed by atoms with Crippen LogP contribution >= 0.6 is 0 Å². The van der Waals surface area contributed by atoms with E-state index in [9.17, 15) is 9.90 Å². The Kier molecular flexibility index (Phi) is 6.77. The molecular formula is C20H33NO4. The van der Waals surface area contributed by atoms with Crippen molar-refractivity contribution in [1.82, 2.24) is 5.32 Å². The van der Waals surface area contributed by atoms with Crippen molar-refractivity contribution in [2.24, 2.45) is 17.8 Å². The van der Waals surface area contributed by atoms with Crippen LogP contribution < -0.4 is 5.32 Å². The third kappa shape index (κ3) is 4.98. The summed E-state index contributed by atoms with van der Waals surface area (Å²) >= 11 is 0. The summed E-state index contributed by atoms with van der Waals surface area (Å²) in [4.78, 5) is 12.5. The Bertz CT molecular complexity index is 468. The number of ether oxygens (including phenoxy) is 2. The van der Waals surface area contributed by atoms with E-state index in [0.717, 1.165) is 25.7 Å². The summed E-state index contributed by atoms with van der Waals surface area (Å²) < 4.78 is 11.9. The molecular weight excluding hydrogens is 318 g/mol. The number of aliphatic hydroxyl groups excluding tert-OH is 1. The van der Waals surface area contributed by atoms with Crippen LogP contribution in [-0.4, -0.2) is 36.6 Å². The van der Waals surface area contributed by atoms with Crippen molar-refractivity contribution in [3.8, 4) is 0 Å². The van der Waals surface area contributed by atoms with Gasteiger partial charge in [0.1, 0.15) is 0 Å². The van der Waals surface area contributed by atoms with E-state index in [1.54, 1.807) is 0 Å². The highest BCUT2D eigenvalue weighted by Gasteiger charge is 2.41. The van der Waals surface area contributed by atoms with E-state index >= 15 is 0 Å². The first-order valence-electron chi connectivity index (χ1n) is 10.1. The number of hydrogen-bond acceptors (Lipinski definition) is 4. The van der Waals surface area contributed by atoms with Crippen molar-refractivity contribution in [3.05, 3.63) is 11.8 Å². The molecule has 0 saturated heterocycles. The summed E-state index contributed by atoms with van der Waals surface area (Å²) in [7, 11) is 0. The minimum atomic E-state index is -0.381. The lowest BCUT2D eigenvalue weighted by atomic mass is 9.71. The number of allylic oxidation sites excluding steroid dienone is 1. The molecule has 5 heteroatoms. The third-order valence-electron chi connectivity index (χ3n) is 5.79. The van der Waals surface area contributed by atoms with Crippen LogP contribution in [0, 0.1) is 17.8 Å². The van der Waals surface area contributed by atoms with Gasteiger partial charge in [0.25, 0.3) is 5.91 Å². The van der Waals surface area contributed by atoms with Crippen LogP contribution in [-0.2, 0) is 14.3 Å². The zero-order chi connectivity index (χ0) is 17.6. The number of aliphatic hydroxyl groups is 1. The molecule has 0 aromatic heterocycles. The topological polar surface area (TPSA) is 67.8 Å². The number of amides is 1. The summed E-state index contributed by atoms with van der Waals surface area (Å²) in [6, 6.07) is 0.322. The lowest BCUT2D eigenvalue weighted by Crippen LogP contribution is -2.42. The highest BCUT2D eigenvalue weighted by molar-refractivity contribution is 5.92. The molecule has 0 aromatic rings. The first-order valence-corrected chi connectivity index (χ1v) is 10.1. The second-order valence-electron chi connectivity index (χ2n) is 7.73. The van der Waals surface area contributed by atoms with Crippen molar-refractivity contribution in [2.45, 2.75) is 77.0 Å². The van der Waals surface area contributed by atoms with Gasteiger partial charge >= 0.3 is 0 Å². The van der Waals surface area contributed by atoms with Crippen LogP contribution in [0.5, 0.6) is 0 Å². The van der Waals surface area contributed by atoms with E-state index in [0.29, 0.717) is 30.2 Å². The van der Waals surface area contributed by atoms with Gasteiger partial charge in [-0.2, -0.15) is 0 Å². The molecule has 5 nitrogen and oxygen atoms in total. The molecule has 0 aromatic carbocycles. The van der Waals surface area contributed by atoms with Crippen molar-refractivity contribution >= 4 is 5.91 Å².